The Morgan fingerprint density at radius 2 is 1.68 bits per heavy atom. The van der Waals surface area contributed by atoms with Crippen molar-refractivity contribution in [2.24, 2.45) is 0 Å². The first-order chi connectivity index (χ1) is 16.5. The van der Waals surface area contributed by atoms with Crippen molar-refractivity contribution in [1.29, 1.82) is 0 Å². The summed E-state index contributed by atoms with van der Waals surface area (Å²) >= 11 is 0. The molecule has 4 rings (SSSR count). The molecule has 3 aromatic carbocycles. The van der Waals surface area contributed by atoms with Crippen molar-refractivity contribution in [3.8, 4) is 5.75 Å². The third-order valence-corrected chi connectivity index (χ3v) is 7.46. The van der Waals surface area contributed by atoms with Crippen molar-refractivity contribution < 1.29 is 17.9 Å². The van der Waals surface area contributed by atoms with Crippen LogP contribution in [0.25, 0.3) is 0 Å². The fraction of sp³-hybridized carbons (Fsp3) is 0.296. The Morgan fingerprint density at radius 3 is 2.32 bits per heavy atom. The minimum absolute atomic E-state index is 0.0186. The Labute approximate surface area is 201 Å². The molecule has 6 nitrogen and oxygen atoms in total. The van der Waals surface area contributed by atoms with E-state index in [1.807, 2.05) is 48.5 Å². The van der Waals surface area contributed by atoms with Crippen LogP contribution >= 0.6 is 0 Å². The molecule has 1 atom stereocenters. The quantitative estimate of drug-likeness (QED) is 0.421. The summed E-state index contributed by atoms with van der Waals surface area (Å²) in [5, 5.41) is 3.11. The molecule has 0 aromatic heterocycles. The second-order valence-electron chi connectivity index (χ2n) is 8.58. The molecule has 1 saturated carbocycles. The predicted molar refractivity (Wildman–Crippen MR) is 132 cm³/mol. The molecule has 3 aromatic rings. The van der Waals surface area contributed by atoms with Gasteiger partial charge in [0.15, 0.2) is 0 Å². The molecule has 1 unspecified atom stereocenters. The Kier molecular flexibility index (Phi) is 7.65. The average molecular weight is 479 g/mol. The minimum Gasteiger partial charge on any atom is -0.495 e. The summed E-state index contributed by atoms with van der Waals surface area (Å²) in [6.45, 7) is 0. The van der Waals surface area contributed by atoms with E-state index in [0.717, 1.165) is 37.7 Å². The van der Waals surface area contributed by atoms with E-state index < -0.39 is 10.0 Å². The van der Waals surface area contributed by atoms with Crippen LogP contribution in [0.2, 0.25) is 0 Å². The third kappa shape index (κ3) is 6.24. The molecule has 7 heteroatoms. The molecule has 2 N–H and O–H groups in total. The van der Waals surface area contributed by atoms with Gasteiger partial charge in [-0.3, -0.25) is 4.79 Å². The van der Waals surface area contributed by atoms with Crippen LogP contribution in [-0.2, 0) is 16.4 Å². The second-order valence-corrected chi connectivity index (χ2v) is 10.3. The van der Waals surface area contributed by atoms with Crippen LogP contribution in [0.3, 0.4) is 0 Å². The maximum atomic E-state index is 13.2. The molecule has 0 spiro atoms. The number of aryl methyl sites for hydroxylation is 1. The van der Waals surface area contributed by atoms with Crippen molar-refractivity contribution in [1.82, 2.24) is 10.0 Å². The van der Waals surface area contributed by atoms with Crippen LogP contribution in [0.15, 0.2) is 83.8 Å². The van der Waals surface area contributed by atoms with Gasteiger partial charge in [0.1, 0.15) is 10.6 Å². The van der Waals surface area contributed by atoms with Crippen molar-refractivity contribution in [2.75, 3.05) is 7.11 Å². The van der Waals surface area contributed by atoms with Gasteiger partial charge in [-0.25, -0.2) is 13.1 Å². The summed E-state index contributed by atoms with van der Waals surface area (Å²) in [4.78, 5) is 13.2. The lowest BCUT2D eigenvalue weighted by molar-refractivity contribution is 0.0934. The molecule has 178 valence electrons. The standard InChI is InChI=1S/C27H30N2O4S/c1-33-25-18-15-22(19-26(25)34(31,32)29-23-16-17-23)27(30)28-24(21-12-6-3-7-13-21)14-8-11-20-9-4-2-5-10-20/h2-7,9-10,12-13,15,18-19,23-24,29H,8,11,14,16-17H2,1H3,(H,28,30). The highest BCUT2D eigenvalue weighted by molar-refractivity contribution is 7.89. The molecule has 1 fully saturated rings. The number of ether oxygens (including phenoxy) is 1. The van der Waals surface area contributed by atoms with Crippen LogP contribution in [0.5, 0.6) is 5.75 Å². The number of sulfonamides is 1. The van der Waals surface area contributed by atoms with E-state index in [1.54, 1.807) is 6.07 Å². The molecular formula is C27H30N2O4S. The molecule has 1 amide bonds. The number of hydrogen-bond acceptors (Lipinski definition) is 4. The van der Waals surface area contributed by atoms with E-state index >= 15 is 0 Å². The van der Waals surface area contributed by atoms with Gasteiger partial charge in [0.05, 0.1) is 13.2 Å². The number of carbonyl (C=O) groups is 1. The molecular weight excluding hydrogens is 448 g/mol. The Bertz CT molecular complexity index is 1210. The lowest BCUT2D eigenvalue weighted by atomic mass is 9.98. The lowest BCUT2D eigenvalue weighted by Crippen LogP contribution is -2.30. The van der Waals surface area contributed by atoms with Crippen LogP contribution in [0, 0.1) is 0 Å². The zero-order valence-electron chi connectivity index (χ0n) is 19.2. The Hall–Kier alpha value is -3.16. The highest BCUT2D eigenvalue weighted by atomic mass is 32.2. The SMILES string of the molecule is COc1ccc(C(=O)NC(CCCc2ccccc2)c2ccccc2)cc1S(=O)(=O)NC1CC1. The second kappa shape index (κ2) is 10.8. The monoisotopic (exact) mass is 478 g/mol. The minimum atomic E-state index is -3.78. The smallest absolute Gasteiger partial charge is 0.251 e. The third-order valence-electron chi connectivity index (χ3n) is 5.92. The Balaban J connectivity index is 1.51. The van der Waals surface area contributed by atoms with E-state index in [9.17, 15) is 13.2 Å². The first-order valence-electron chi connectivity index (χ1n) is 11.6. The zero-order valence-corrected chi connectivity index (χ0v) is 20.1. The van der Waals surface area contributed by atoms with Crippen molar-refractivity contribution >= 4 is 15.9 Å². The van der Waals surface area contributed by atoms with Crippen molar-refractivity contribution in [2.45, 2.75) is 49.1 Å². The van der Waals surface area contributed by atoms with Crippen molar-refractivity contribution in [3.05, 3.63) is 95.6 Å². The van der Waals surface area contributed by atoms with Crippen LogP contribution < -0.4 is 14.8 Å². The molecule has 0 radical (unpaired) electrons. The number of hydrogen-bond donors (Lipinski definition) is 2. The van der Waals surface area contributed by atoms with Gasteiger partial charge in [0.2, 0.25) is 10.0 Å². The summed E-state index contributed by atoms with van der Waals surface area (Å²) in [7, 11) is -2.36. The first-order valence-corrected chi connectivity index (χ1v) is 13.0. The number of amides is 1. The van der Waals surface area contributed by atoms with Gasteiger partial charge in [0.25, 0.3) is 5.91 Å². The van der Waals surface area contributed by atoms with E-state index in [4.69, 9.17) is 4.74 Å². The first kappa shape index (κ1) is 24.0. The molecule has 34 heavy (non-hydrogen) atoms. The summed E-state index contributed by atoms with van der Waals surface area (Å²) in [6.07, 6.45) is 4.22. The van der Waals surface area contributed by atoms with Gasteiger partial charge in [-0.2, -0.15) is 0 Å². The van der Waals surface area contributed by atoms with Crippen LogP contribution in [-0.4, -0.2) is 27.5 Å². The van der Waals surface area contributed by atoms with Gasteiger partial charge >= 0.3 is 0 Å². The highest BCUT2D eigenvalue weighted by Gasteiger charge is 2.30. The Morgan fingerprint density at radius 1 is 1.00 bits per heavy atom. The topological polar surface area (TPSA) is 84.5 Å². The zero-order chi connectivity index (χ0) is 24.0. The maximum absolute atomic E-state index is 13.2. The predicted octanol–water partition coefficient (Wildman–Crippen LogP) is 4.63. The van der Waals surface area contributed by atoms with Crippen LogP contribution in [0.4, 0.5) is 0 Å². The summed E-state index contributed by atoms with van der Waals surface area (Å²) in [5.41, 5.74) is 2.55. The average Bonchev–Trinajstić information content (AvgIpc) is 3.67. The number of rotatable bonds is 11. The van der Waals surface area contributed by atoms with E-state index in [0.29, 0.717) is 0 Å². The molecule has 1 aliphatic rings. The number of methoxy groups -OCH3 is 1. The number of benzene rings is 3. The van der Waals surface area contributed by atoms with Gasteiger partial charge in [-0.15, -0.1) is 0 Å². The number of carbonyl (C=O) groups excluding carboxylic acids is 1. The molecule has 0 heterocycles. The largest absolute Gasteiger partial charge is 0.495 e. The van der Waals surface area contributed by atoms with E-state index in [1.165, 1.54) is 24.8 Å². The summed E-state index contributed by atoms with van der Waals surface area (Å²) < 4.78 is 33.6. The molecule has 0 aliphatic heterocycles. The summed E-state index contributed by atoms with van der Waals surface area (Å²) in [5.74, 6) is -0.105. The molecule has 0 saturated heterocycles. The summed E-state index contributed by atoms with van der Waals surface area (Å²) in [6, 6.07) is 24.4. The fourth-order valence-electron chi connectivity index (χ4n) is 3.92. The van der Waals surface area contributed by atoms with Gasteiger partial charge in [0, 0.05) is 11.6 Å². The fourth-order valence-corrected chi connectivity index (χ4v) is 5.42. The lowest BCUT2D eigenvalue weighted by Gasteiger charge is -2.20. The van der Waals surface area contributed by atoms with E-state index in [-0.39, 0.29) is 34.2 Å². The van der Waals surface area contributed by atoms with Gasteiger partial charge in [-0.1, -0.05) is 60.7 Å². The van der Waals surface area contributed by atoms with Crippen molar-refractivity contribution in [3.63, 3.8) is 0 Å². The van der Waals surface area contributed by atoms with Gasteiger partial charge < -0.3 is 10.1 Å². The highest BCUT2D eigenvalue weighted by Crippen LogP contribution is 2.29. The maximum Gasteiger partial charge on any atom is 0.251 e. The van der Waals surface area contributed by atoms with Crippen LogP contribution in [0.1, 0.15) is 53.2 Å². The van der Waals surface area contributed by atoms with E-state index in [2.05, 4.69) is 22.2 Å². The molecule has 0 bridgehead atoms. The molecule has 1 aliphatic carbocycles. The van der Waals surface area contributed by atoms with Gasteiger partial charge in [-0.05, 0) is 61.4 Å². The normalized spacial score (nSPS) is 14.4. The number of nitrogens with one attached hydrogen (secondary N) is 2.